The normalized spacial score (nSPS) is 12.0. The molecule has 4 aromatic rings. The third-order valence-electron chi connectivity index (χ3n) is 4.11. The molecule has 0 unspecified atom stereocenters. The van der Waals surface area contributed by atoms with Crippen LogP contribution in [0.15, 0.2) is 46.9 Å². The molecule has 1 amide bonds. The number of hydrogen-bond acceptors (Lipinski definition) is 6. The van der Waals surface area contributed by atoms with Crippen LogP contribution >= 0.6 is 11.3 Å². The lowest BCUT2D eigenvalue weighted by Crippen LogP contribution is -2.18. The van der Waals surface area contributed by atoms with Gasteiger partial charge in [-0.15, -0.1) is 11.3 Å². The molecule has 0 bridgehead atoms. The molecule has 0 aliphatic heterocycles. The minimum Gasteiger partial charge on any atom is -0.440 e. The van der Waals surface area contributed by atoms with Gasteiger partial charge >= 0.3 is 0 Å². The first-order valence-corrected chi connectivity index (χ1v) is 9.83. The van der Waals surface area contributed by atoms with Crippen molar-refractivity contribution in [3.8, 4) is 0 Å². The molecular weight excluding hydrogens is 374 g/mol. The first-order valence-electron chi connectivity index (χ1n) is 9.01. The van der Waals surface area contributed by atoms with E-state index in [-0.39, 0.29) is 17.9 Å². The van der Waals surface area contributed by atoms with Crippen LogP contribution in [0, 0.1) is 0 Å². The number of anilines is 1. The molecule has 0 spiro atoms. The zero-order valence-corrected chi connectivity index (χ0v) is 16.8. The molecule has 0 aliphatic rings. The zero-order valence-electron chi connectivity index (χ0n) is 16.0. The van der Waals surface area contributed by atoms with Crippen molar-refractivity contribution in [2.24, 2.45) is 0 Å². The summed E-state index contributed by atoms with van der Waals surface area (Å²) in [6, 6.07) is 13.3. The summed E-state index contributed by atoms with van der Waals surface area (Å²) < 4.78 is 12.4. The number of carbonyl (C=O) groups excluding carboxylic acids is 1. The second-order valence-corrected chi connectivity index (χ2v) is 8.68. The highest BCUT2D eigenvalue weighted by Crippen LogP contribution is 2.27. The van der Waals surface area contributed by atoms with E-state index >= 15 is 0 Å². The number of nitrogens with zero attached hydrogens (tertiary/aromatic N) is 2. The number of nitrogens with one attached hydrogen (secondary N) is 1. The fourth-order valence-corrected chi connectivity index (χ4v) is 3.64. The van der Waals surface area contributed by atoms with Gasteiger partial charge in [0.25, 0.3) is 0 Å². The molecule has 0 saturated carbocycles. The van der Waals surface area contributed by atoms with Gasteiger partial charge in [0.2, 0.25) is 11.8 Å². The van der Waals surface area contributed by atoms with Crippen LogP contribution in [-0.2, 0) is 21.6 Å². The molecule has 2 heterocycles. The number of carbonyl (C=O) groups is 1. The van der Waals surface area contributed by atoms with Crippen molar-refractivity contribution in [2.45, 2.75) is 32.8 Å². The summed E-state index contributed by atoms with van der Waals surface area (Å²) in [6.07, 6.45) is 0. The second-order valence-electron chi connectivity index (χ2n) is 7.57. The van der Waals surface area contributed by atoms with E-state index in [0.717, 1.165) is 20.7 Å². The fourth-order valence-electron chi connectivity index (χ4n) is 2.74. The smallest absolute Gasteiger partial charge is 0.250 e. The Kier molecular flexibility index (Phi) is 4.87. The molecule has 0 saturated heterocycles. The molecule has 4 rings (SSSR count). The van der Waals surface area contributed by atoms with Crippen LogP contribution in [0.1, 0.15) is 31.7 Å². The van der Waals surface area contributed by atoms with Gasteiger partial charge in [0.05, 0.1) is 16.8 Å². The highest BCUT2D eigenvalue weighted by atomic mass is 32.1. The highest BCUT2D eigenvalue weighted by molar-refractivity contribution is 7.18. The monoisotopic (exact) mass is 395 g/mol. The fraction of sp³-hybridized carbons (Fsp3) is 0.286. The Morgan fingerprint density at radius 2 is 1.96 bits per heavy atom. The van der Waals surface area contributed by atoms with E-state index in [9.17, 15) is 4.79 Å². The van der Waals surface area contributed by atoms with Gasteiger partial charge < -0.3 is 14.5 Å². The minimum absolute atomic E-state index is 0.0416. The lowest BCUT2D eigenvalue weighted by atomic mass is 9.97. The van der Waals surface area contributed by atoms with E-state index in [0.29, 0.717) is 23.8 Å². The number of ether oxygens (including phenoxy) is 1. The van der Waals surface area contributed by atoms with Crippen molar-refractivity contribution in [3.05, 3.63) is 53.4 Å². The van der Waals surface area contributed by atoms with Gasteiger partial charge in [-0.2, -0.15) is 0 Å². The number of benzene rings is 2. The SMILES string of the molecule is CC(C)(C)c1nc2cc(NC(=O)COCc3nc4ccccc4s3)ccc2o1. The van der Waals surface area contributed by atoms with Gasteiger partial charge in [0.15, 0.2) is 5.58 Å². The van der Waals surface area contributed by atoms with Crippen molar-refractivity contribution in [2.75, 3.05) is 11.9 Å². The Morgan fingerprint density at radius 1 is 1.14 bits per heavy atom. The summed E-state index contributed by atoms with van der Waals surface area (Å²) in [4.78, 5) is 21.2. The molecular formula is C21H21N3O3S. The van der Waals surface area contributed by atoms with Crippen molar-refractivity contribution >= 4 is 44.2 Å². The first kappa shape index (κ1) is 18.6. The Bertz CT molecular complexity index is 1110. The highest BCUT2D eigenvalue weighted by Gasteiger charge is 2.21. The number of thiazole rings is 1. The van der Waals surface area contributed by atoms with Gasteiger partial charge in [-0.3, -0.25) is 4.79 Å². The maximum atomic E-state index is 12.2. The molecule has 0 aliphatic carbocycles. The summed E-state index contributed by atoms with van der Waals surface area (Å²) in [6.45, 7) is 6.40. The Morgan fingerprint density at radius 3 is 2.75 bits per heavy atom. The third-order valence-corrected chi connectivity index (χ3v) is 5.12. The Balaban J connectivity index is 1.35. The number of oxazole rings is 1. The summed E-state index contributed by atoms with van der Waals surface area (Å²) in [5, 5.41) is 3.69. The average molecular weight is 395 g/mol. The summed E-state index contributed by atoms with van der Waals surface area (Å²) in [5.74, 6) is 0.449. The zero-order chi connectivity index (χ0) is 19.7. The largest absolute Gasteiger partial charge is 0.440 e. The topological polar surface area (TPSA) is 77.2 Å². The molecule has 7 heteroatoms. The Hall–Kier alpha value is -2.77. The predicted molar refractivity (Wildman–Crippen MR) is 111 cm³/mol. The molecule has 0 atom stereocenters. The van der Waals surface area contributed by atoms with Crippen molar-refractivity contribution in [3.63, 3.8) is 0 Å². The molecule has 0 fully saturated rings. The number of rotatable bonds is 5. The van der Waals surface area contributed by atoms with E-state index in [2.05, 4.69) is 15.3 Å². The molecule has 0 radical (unpaired) electrons. The van der Waals surface area contributed by atoms with E-state index < -0.39 is 0 Å². The lowest BCUT2D eigenvalue weighted by Gasteiger charge is -2.11. The van der Waals surface area contributed by atoms with Crippen molar-refractivity contribution in [1.82, 2.24) is 9.97 Å². The molecule has 28 heavy (non-hydrogen) atoms. The summed E-state index contributed by atoms with van der Waals surface area (Å²) >= 11 is 1.57. The van der Waals surface area contributed by atoms with Crippen LogP contribution in [-0.4, -0.2) is 22.5 Å². The maximum Gasteiger partial charge on any atom is 0.250 e. The first-order chi connectivity index (χ1) is 13.4. The molecule has 1 N–H and O–H groups in total. The third kappa shape index (κ3) is 4.05. The van der Waals surface area contributed by atoms with Crippen molar-refractivity contribution in [1.29, 1.82) is 0 Å². The van der Waals surface area contributed by atoms with Gasteiger partial charge in [-0.1, -0.05) is 32.9 Å². The molecule has 6 nitrogen and oxygen atoms in total. The van der Waals surface area contributed by atoms with Crippen LogP contribution in [0.25, 0.3) is 21.3 Å². The predicted octanol–water partition coefficient (Wildman–Crippen LogP) is 4.89. The minimum atomic E-state index is -0.222. The number of hydrogen-bond donors (Lipinski definition) is 1. The van der Waals surface area contributed by atoms with E-state index in [1.54, 1.807) is 23.5 Å². The van der Waals surface area contributed by atoms with Crippen molar-refractivity contribution < 1.29 is 13.9 Å². The van der Waals surface area contributed by atoms with E-state index in [4.69, 9.17) is 9.15 Å². The van der Waals surface area contributed by atoms with Crippen LogP contribution in [0.4, 0.5) is 5.69 Å². The number of aromatic nitrogens is 2. The van der Waals surface area contributed by atoms with E-state index in [1.807, 2.05) is 51.1 Å². The van der Waals surface area contributed by atoms with E-state index in [1.165, 1.54) is 0 Å². The standard InChI is InChI=1S/C21H21N3O3S/c1-21(2,3)20-24-15-10-13(8-9-16(15)27-20)22-18(25)11-26-12-19-23-14-6-4-5-7-17(14)28-19/h4-10H,11-12H2,1-3H3,(H,22,25). The average Bonchev–Trinajstić information content (AvgIpc) is 3.24. The quantitative estimate of drug-likeness (QED) is 0.520. The molecule has 2 aromatic heterocycles. The van der Waals surface area contributed by atoms with Gasteiger partial charge in [0, 0.05) is 11.1 Å². The molecule has 144 valence electrons. The number of fused-ring (bicyclic) bond motifs is 2. The maximum absolute atomic E-state index is 12.2. The lowest BCUT2D eigenvalue weighted by molar-refractivity contribution is -0.121. The van der Waals surface area contributed by atoms with Crippen LogP contribution in [0.5, 0.6) is 0 Å². The summed E-state index contributed by atoms with van der Waals surface area (Å²) in [5.41, 5.74) is 2.87. The molecule has 2 aromatic carbocycles. The van der Waals surface area contributed by atoms with Gasteiger partial charge in [-0.25, -0.2) is 9.97 Å². The van der Waals surface area contributed by atoms with Gasteiger partial charge in [0.1, 0.15) is 17.1 Å². The Labute approximate surface area is 166 Å². The summed E-state index contributed by atoms with van der Waals surface area (Å²) in [7, 11) is 0. The number of para-hydroxylation sites is 1. The van der Waals surface area contributed by atoms with Crippen LogP contribution in [0.2, 0.25) is 0 Å². The van der Waals surface area contributed by atoms with Crippen LogP contribution in [0.3, 0.4) is 0 Å². The van der Waals surface area contributed by atoms with Crippen LogP contribution < -0.4 is 5.32 Å². The number of amides is 1. The van der Waals surface area contributed by atoms with Gasteiger partial charge in [-0.05, 0) is 30.3 Å². The second kappa shape index (κ2) is 7.33.